The van der Waals surface area contributed by atoms with Gasteiger partial charge in [-0.05, 0) is 11.4 Å². The summed E-state index contributed by atoms with van der Waals surface area (Å²) >= 11 is 1.55. The molecular weight excluding hydrogens is 229 g/mol. The number of thiophene rings is 1. The summed E-state index contributed by atoms with van der Waals surface area (Å²) in [5.41, 5.74) is 0. The first kappa shape index (κ1) is 9.92. The molecule has 0 saturated carbocycles. The van der Waals surface area contributed by atoms with Gasteiger partial charge in [0.15, 0.2) is 0 Å². The minimum absolute atomic E-state index is 0.142. The monoisotopic (exact) mass is 239 g/mol. The van der Waals surface area contributed by atoms with Crippen molar-refractivity contribution in [2.45, 2.75) is 18.6 Å². The number of alkyl halides is 1. The molecule has 0 bridgehead atoms. The molecule has 0 aromatic carbocycles. The molecule has 1 saturated heterocycles. The highest BCUT2D eigenvalue weighted by Gasteiger charge is 2.29. The molecule has 0 radical (unpaired) electrons. The SMILES string of the molecule is F[C@@H]1CN[C@H](c2nc(-c3cccs3)no2)C1. The smallest absolute Gasteiger partial charge is 0.244 e. The lowest BCUT2D eigenvalue weighted by molar-refractivity contribution is 0.324. The average molecular weight is 239 g/mol. The molecule has 3 heterocycles. The van der Waals surface area contributed by atoms with E-state index in [0.29, 0.717) is 24.7 Å². The Labute approximate surface area is 95.5 Å². The van der Waals surface area contributed by atoms with Gasteiger partial charge in [0.2, 0.25) is 11.7 Å². The fourth-order valence-electron chi connectivity index (χ4n) is 1.76. The number of hydrogen-bond donors (Lipinski definition) is 1. The Bertz CT molecular complexity index is 470. The summed E-state index contributed by atoms with van der Waals surface area (Å²) in [7, 11) is 0. The van der Waals surface area contributed by atoms with Crippen molar-refractivity contribution in [3.05, 3.63) is 23.4 Å². The lowest BCUT2D eigenvalue weighted by atomic mass is 10.2. The number of rotatable bonds is 2. The first-order valence-corrected chi connectivity index (χ1v) is 5.96. The van der Waals surface area contributed by atoms with E-state index in [4.69, 9.17) is 4.52 Å². The highest BCUT2D eigenvalue weighted by Crippen LogP contribution is 2.27. The Morgan fingerprint density at radius 3 is 3.19 bits per heavy atom. The minimum Gasteiger partial charge on any atom is -0.337 e. The molecule has 4 nitrogen and oxygen atoms in total. The lowest BCUT2D eigenvalue weighted by Crippen LogP contribution is -2.14. The van der Waals surface area contributed by atoms with Crippen molar-refractivity contribution in [3.63, 3.8) is 0 Å². The van der Waals surface area contributed by atoms with Crippen LogP contribution in [-0.2, 0) is 0 Å². The van der Waals surface area contributed by atoms with E-state index in [1.807, 2.05) is 17.5 Å². The summed E-state index contributed by atoms with van der Waals surface area (Å²) in [6.07, 6.45) is -0.409. The van der Waals surface area contributed by atoms with Gasteiger partial charge in [-0.2, -0.15) is 4.98 Å². The minimum atomic E-state index is -0.818. The van der Waals surface area contributed by atoms with Crippen molar-refractivity contribution in [3.8, 4) is 10.7 Å². The molecule has 2 atom stereocenters. The number of nitrogens with zero attached hydrogens (tertiary/aromatic N) is 2. The van der Waals surface area contributed by atoms with Gasteiger partial charge < -0.3 is 9.84 Å². The average Bonchev–Trinajstić information content (AvgIpc) is 2.97. The van der Waals surface area contributed by atoms with Crippen LogP contribution in [0.1, 0.15) is 18.4 Å². The molecule has 16 heavy (non-hydrogen) atoms. The quantitative estimate of drug-likeness (QED) is 0.872. The third-order valence-electron chi connectivity index (χ3n) is 2.56. The van der Waals surface area contributed by atoms with Crippen LogP contribution in [0.4, 0.5) is 4.39 Å². The Morgan fingerprint density at radius 2 is 2.50 bits per heavy atom. The molecule has 0 aliphatic carbocycles. The molecule has 6 heteroatoms. The van der Waals surface area contributed by atoms with Crippen LogP contribution in [0.15, 0.2) is 22.0 Å². The molecule has 0 spiro atoms. The van der Waals surface area contributed by atoms with Gasteiger partial charge in [0.25, 0.3) is 0 Å². The second-order valence-electron chi connectivity index (χ2n) is 3.73. The predicted octanol–water partition coefficient (Wildman–Crippen LogP) is 2.17. The van der Waals surface area contributed by atoms with E-state index in [0.717, 1.165) is 4.88 Å². The number of aromatic nitrogens is 2. The second-order valence-corrected chi connectivity index (χ2v) is 4.68. The van der Waals surface area contributed by atoms with E-state index in [9.17, 15) is 4.39 Å². The van der Waals surface area contributed by atoms with Crippen molar-refractivity contribution >= 4 is 11.3 Å². The van der Waals surface area contributed by atoms with Crippen LogP contribution >= 0.6 is 11.3 Å². The molecule has 0 unspecified atom stereocenters. The van der Waals surface area contributed by atoms with Crippen LogP contribution in [0, 0.1) is 0 Å². The van der Waals surface area contributed by atoms with Crippen LogP contribution in [0.25, 0.3) is 10.7 Å². The molecule has 2 aromatic heterocycles. The van der Waals surface area contributed by atoms with Gasteiger partial charge in [0, 0.05) is 13.0 Å². The largest absolute Gasteiger partial charge is 0.337 e. The topological polar surface area (TPSA) is 51.0 Å². The Kier molecular flexibility index (Phi) is 2.45. The summed E-state index contributed by atoms with van der Waals surface area (Å²) in [5, 5.41) is 8.86. The van der Waals surface area contributed by atoms with Crippen molar-refractivity contribution in [1.29, 1.82) is 0 Å². The van der Waals surface area contributed by atoms with Gasteiger partial charge in [0.05, 0.1) is 10.9 Å². The van der Waals surface area contributed by atoms with Crippen LogP contribution in [0.3, 0.4) is 0 Å². The normalized spacial score (nSPS) is 25.1. The van der Waals surface area contributed by atoms with E-state index in [2.05, 4.69) is 15.5 Å². The number of halogens is 1. The highest BCUT2D eigenvalue weighted by atomic mass is 32.1. The first-order valence-electron chi connectivity index (χ1n) is 5.08. The molecule has 2 aromatic rings. The molecule has 1 aliphatic rings. The zero-order valence-corrected chi connectivity index (χ0v) is 9.21. The lowest BCUT2D eigenvalue weighted by Gasteiger charge is -2.00. The zero-order chi connectivity index (χ0) is 11.0. The van der Waals surface area contributed by atoms with E-state index in [-0.39, 0.29) is 6.04 Å². The predicted molar refractivity (Wildman–Crippen MR) is 57.9 cm³/mol. The maximum Gasteiger partial charge on any atom is 0.244 e. The van der Waals surface area contributed by atoms with Crippen LogP contribution in [0.2, 0.25) is 0 Å². The van der Waals surface area contributed by atoms with Crippen LogP contribution in [-0.4, -0.2) is 22.9 Å². The highest BCUT2D eigenvalue weighted by molar-refractivity contribution is 7.13. The standard InChI is InChI=1S/C10H10FN3OS/c11-6-4-7(12-5-6)10-13-9(14-15-10)8-2-1-3-16-8/h1-3,6-7,12H,4-5H2/t6-,7-/m0/s1. The Balaban J connectivity index is 1.83. The Morgan fingerprint density at radius 1 is 1.56 bits per heavy atom. The van der Waals surface area contributed by atoms with E-state index in [1.165, 1.54) is 0 Å². The second kappa shape index (κ2) is 3.95. The molecular formula is C10H10FN3OS. The fourth-order valence-corrected chi connectivity index (χ4v) is 2.41. The van der Waals surface area contributed by atoms with Crippen molar-refractivity contribution in [2.24, 2.45) is 0 Å². The number of hydrogen-bond acceptors (Lipinski definition) is 5. The molecule has 3 rings (SSSR count). The molecule has 1 aliphatic heterocycles. The van der Waals surface area contributed by atoms with Crippen LogP contribution < -0.4 is 5.32 Å². The zero-order valence-electron chi connectivity index (χ0n) is 8.39. The fraction of sp³-hybridized carbons (Fsp3) is 0.400. The van der Waals surface area contributed by atoms with Crippen molar-refractivity contribution in [2.75, 3.05) is 6.54 Å². The first-order chi connectivity index (χ1) is 7.83. The summed E-state index contributed by atoms with van der Waals surface area (Å²) in [6, 6.07) is 3.72. The van der Waals surface area contributed by atoms with E-state index in [1.54, 1.807) is 11.3 Å². The van der Waals surface area contributed by atoms with Gasteiger partial charge in [0.1, 0.15) is 6.17 Å². The molecule has 1 N–H and O–H groups in total. The summed E-state index contributed by atoms with van der Waals surface area (Å²) in [6.45, 7) is 0.362. The maximum absolute atomic E-state index is 13.0. The van der Waals surface area contributed by atoms with E-state index < -0.39 is 6.17 Å². The van der Waals surface area contributed by atoms with Crippen LogP contribution in [0.5, 0.6) is 0 Å². The summed E-state index contributed by atoms with van der Waals surface area (Å²) in [4.78, 5) is 5.24. The van der Waals surface area contributed by atoms with Gasteiger partial charge in [-0.15, -0.1) is 11.3 Å². The molecule has 1 fully saturated rings. The molecule has 84 valence electrons. The summed E-state index contributed by atoms with van der Waals surface area (Å²) in [5.74, 6) is 1.05. The third kappa shape index (κ3) is 1.74. The summed E-state index contributed by atoms with van der Waals surface area (Å²) < 4.78 is 18.1. The van der Waals surface area contributed by atoms with Gasteiger partial charge in [-0.25, -0.2) is 4.39 Å². The third-order valence-corrected chi connectivity index (χ3v) is 3.42. The van der Waals surface area contributed by atoms with E-state index >= 15 is 0 Å². The number of nitrogens with one attached hydrogen (secondary N) is 1. The van der Waals surface area contributed by atoms with Gasteiger partial charge >= 0.3 is 0 Å². The van der Waals surface area contributed by atoms with Crippen molar-refractivity contribution in [1.82, 2.24) is 15.5 Å². The molecule has 0 amide bonds. The van der Waals surface area contributed by atoms with Gasteiger partial charge in [-0.1, -0.05) is 11.2 Å². The van der Waals surface area contributed by atoms with Crippen molar-refractivity contribution < 1.29 is 8.91 Å². The van der Waals surface area contributed by atoms with Gasteiger partial charge in [-0.3, -0.25) is 0 Å². The maximum atomic E-state index is 13.0. The Hall–Kier alpha value is -1.27.